The van der Waals surface area contributed by atoms with Crippen LogP contribution in [0.25, 0.3) is 0 Å². The van der Waals surface area contributed by atoms with Crippen molar-refractivity contribution in [1.29, 1.82) is 0 Å². The minimum atomic E-state index is 0.229. The molecule has 0 fully saturated rings. The summed E-state index contributed by atoms with van der Waals surface area (Å²) in [6.07, 6.45) is 2.41. The smallest absolute Gasteiger partial charge is 0.138 e. The molecular weight excluding hydrogens is 252 g/mol. The van der Waals surface area contributed by atoms with Gasteiger partial charge >= 0.3 is 0 Å². The van der Waals surface area contributed by atoms with Crippen LogP contribution in [0, 0.1) is 6.92 Å². The zero-order chi connectivity index (χ0) is 14.5. The third-order valence-corrected chi connectivity index (χ3v) is 3.46. The maximum Gasteiger partial charge on any atom is 0.138 e. The highest BCUT2D eigenvalue weighted by Gasteiger charge is 2.15. The number of aromatic nitrogens is 3. The lowest BCUT2D eigenvalue weighted by Gasteiger charge is -2.19. The molecule has 20 heavy (non-hydrogen) atoms. The Bertz CT molecular complexity index is 565. The van der Waals surface area contributed by atoms with E-state index in [9.17, 15) is 0 Å². The maximum absolute atomic E-state index is 5.32. The molecule has 0 aliphatic rings. The Morgan fingerprint density at radius 1 is 1.40 bits per heavy atom. The van der Waals surface area contributed by atoms with Crippen LogP contribution in [0.3, 0.4) is 0 Å². The van der Waals surface area contributed by atoms with Crippen molar-refractivity contribution in [1.82, 2.24) is 20.1 Å². The molecule has 1 aromatic heterocycles. The lowest BCUT2D eigenvalue weighted by molar-refractivity contribution is 0.411. The zero-order valence-electron chi connectivity index (χ0n) is 12.6. The normalized spacial score (nSPS) is 12.4. The van der Waals surface area contributed by atoms with Crippen molar-refractivity contribution in [2.75, 3.05) is 13.7 Å². The first-order chi connectivity index (χ1) is 9.65. The first kappa shape index (κ1) is 14.5. The van der Waals surface area contributed by atoms with E-state index in [-0.39, 0.29) is 6.04 Å². The fraction of sp³-hybridized carbons (Fsp3) is 0.467. The number of nitrogens with zero attached hydrogens (tertiary/aromatic N) is 3. The minimum absolute atomic E-state index is 0.229. The standard InChI is InChI=1S/C15H22N4O/c1-5-16-13(9-15-17-10-18-19(15)3)12-6-7-14(20-4)11(2)8-12/h6-8,10,13,16H,5,9H2,1-4H3. The monoisotopic (exact) mass is 274 g/mol. The topological polar surface area (TPSA) is 52.0 Å². The number of hydrogen-bond acceptors (Lipinski definition) is 4. The summed E-state index contributed by atoms with van der Waals surface area (Å²) in [7, 11) is 3.62. The molecule has 1 unspecified atom stereocenters. The van der Waals surface area contributed by atoms with Gasteiger partial charge in [-0.1, -0.05) is 19.1 Å². The third-order valence-electron chi connectivity index (χ3n) is 3.46. The van der Waals surface area contributed by atoms with Crippen molar-refractivity contribution < 1.29 is 4.74 Å². The lowest BCUT2D eigenvalue weighted by Crippen LogP contribution is -2.24. The van der Waals surface area contributed by atoms with E-state index in [1.807, 2.05) is 17.8 Å². The summed E-state index contributed by atoms with van der Waals surface area (Å²) in [5, 5.41) is 7.63. The van der Waals surface area contributed by atoms with Gasteiger partial charge in [-0.3, -0.25) is 4.68 Å². The van der Waals surface area contributed by atoms with E-state index < -0.39 is 0 Å². The molecule has 0 amide bonds. The van der Waals surface area contributed by atoms with Gasteiger partial charge in [0.1, 0.15) is 17.9 Å². The number of hydrogen-bond donors (Lipinski definition) is 1. The number of rotatable bonds is 6. The molecule has 1 aromatic carbocycles. The summed E-state index contributed by atoms with van der Waals surface area (Å²) in [6.45, 7) is 5.08. The van der Waals surface area contributed by atoms with Gasteiger partial charge in [0.05, 0.1) is 7.11 Å². The van der Waals surface area contributed by atoms with Crippen molar-refractivity contribution in [3.63, 3.8) is 0 Å². The van der Waals surface area contributed by atoms with Gasteiger partial charge in [0.25, 0.3) is 0 Å². The first-order valence-electron chi connectivity index (χ1n) is 6.86. The molecule has 2 rings (SSSR count). The van der Waals surface area contributed by atoms with E-state index in [1.54, 1.807) is 13.4 Å². The van der Waals surface area contributed by atoms with E-state index in [2.05, 4.69) is 41.4 Å². The Balaban J connectivity index is 2.24. The van der Waals surface area contributed by atoms with Crippen LogP contribution in [-0.2, 0) is 13.5 Å². The highest BCUT2D eigenvalue weighted by atomic mass is 16.5. The van der Waals surface area contributed by atoms with Crippen molar-refractivity contribution in [2.24, 2.45) is 7.05 Å². The average molecular weight is 274 g/mol. The highest BCUT2D eigenvalue weighted by Crippen LogP contribution is 2.24. The lowest BCUT2D eigenvalue weighted by atomic mass is 10.0. The minimum Gasteiger partial charge on any atom is -0.496 e. The fourth-order valence-electron chi connectivity index (χ4n) is 2.36. The van der Waals surface area contributed by atoms with Gasteiger partial charge in [-0.25, -0.2) is 4.98 Å². The van der Waals surface area contributed by atoms with Crippen molar-refractivity contribution >= 4 is 0 Å². The van der Waals surface area contributed by atoms with E-state index >= 15 is 0 Å². The summed E-state index contributed by atoms with van der Waals surface area (Å²) in [6, 6.07) is 6.52. The Kier molecular flexibility index (Phi) is 4.74. The molecule has 0 saturated heterocycles. The summed E-state index contributed by atoms with van der Waals surface area (Å²) in [5.41, 5.74) is 2.39. The van der Waals surface area contributed by atoms with Gasteiger partial charge in [-0.15, -0.1) is 0 Å². The van der Waals surface area contributed by atoms with Gasteiger partial charge in [-0.2, -0.15) is 5.10 Å². The van der Waals surface area contributed by atoms with Gasteiger partial charge in [0, 0.05) is 19.5 Å². The van der Waals surface area contributed by atoms with Crippen LogP contribution in [0.4, 0.5) is 0 Å². The molecule has 0 spiro atoms. The van der Waals surface area contributed by atoms with E-state index in [0.717, 1.165) is 30.1 Å². The molecule has 0 bridgehead atoms. The van der Waals surface area contributed by atoms with Gasteiger partial charge < -0.3 is 10.1 Å². The summed E-state index contributed by atoms with van der Waals surface area (Å²) >= 11 is 0. The number of methoxy groups -OCH3 is 1. The predicted molar refractivity (Wildman–Crippen MR) is 78.9 cm³/mol. The molecule has 5 nitrogen and oxygen atoms in total. The average Bonchev–Trinajstić information content (AvgIpc) is 2.84. The van der Waals surface area contributed by atoms with Gasteiger partial charge in [0.2, 0.25) is 0 Å². The zero-order valence-corrected chi connectivity index (χ0v) is 12.6. The van der Waals surface area contributed by atoms with Crippen LogP contribution in [0.1, 0.15) is 29.9 Å². The molecule has 1 N–H and O–H groups in total. The fourth-order valence-corrected chi connectivity index (χ4v) is 2.36. The van der Waals surface area contributed by atoms with Gasteiger partial charge in [-0.05, 0) is 30.7 Å². The molecular formula is C15H22N4O. The number of nitrogens with one attached hydrogen (secondary N) is 1. The van der Waals surface area contributed by atoms with Crippen LogP contribution >= 0.6 is 0 Å². The molecule has 108 valence electrons. The summed E-state index contributed by atoms with van der Waals surface area (Å²) in [4.78, 5) is 4.31. The Hall–Kier alpha value is -1.88. The number of likely N-dealkylation sites (N-methyl/N-ethyl adjacent to an activating group) is 1. The quantitative estimate of drug-likeness (QED) is 0.875. The predicted octanol–water partition coefficient (Wildman–Crippen LogP) is 2.03. The molecule has 0 aliphatic heterocycles. The Labute approximate surface area is 120 Å². The Morgan fingerprint density at radius 3 is 2.75 bits per heavy atom. The molecule has 0 aliphatic carbocycles. The van der Waals surface area contributed by atoms with E-state index in [4.69, 9.17) is 4.74 Å². The highest BCUT2D eigenvalue weighted by molar-refractivity contribution is 5.37. The van der Waals surface area contributed by atoms with Crippen molar-refractivity contribution in [3.8, 4) is 5.75 Å². The third kappa shape index (κ3) is 3.17. The molecule has 5 heteroatoms. The molecule has 1 heterocycles. The number of ether oxygens (including phenoxy) is 1. The largest absolute Gasteiger partial charge is 0.496 e. The van der Waals surface area contributed by atoms with E-state index in [1.165, 1.54) is 5.56 Å². The van der Waals surface area contributed by atoms with Gasteiger partial charge in [0.15, 0.2) is 0 Å². The summed E-state index contributed by atoms with van der Waals surface area (Å²) in [5.74, 6) is 1.90. The molecule has 1 atom stereocenters. The number of benzene rings is 1. The first-order valence-corrected chi connectivity index (χ1v) is 6.86. The molecule has 0 radical (unpaired) electrons. The van der Waals surface area contributed by atoms with Crippen LogP contribution in [-0.4, -0.2) is 28.4 Å². The SMILES string of the molecule is CCNC(Cc1ncnn1C)c1ccc(OC)c(C)c1. The van der Waals surface area contributed by atoms with Crippen molar-refractivity contribution in [2.45, 2.75) is 26.3 Å². The number of aryl methyl sites for hydroxylation is 2. The van der Waals surface area contributed by atoms with E-state index in [0.29, 0.717) is 0 Å². The van der Waals surface area contributed by atoms with Crippen molar-refractivity contribution in [3.05, 3.63) is 41.5 Å². The Morgan fingerprint density at radius 2 is 2.20 bits per heavy atom. The molecule has 0 saturated carbocycles. The summed E-state index contributed by atoms with van der Waals surface area (Å²) < 4.78 is 7.14. The van der Waals surface area contributed by atoms with Crippen LogP contribution in [0.2, 0.25) is 0 Å². The second-order valence-corrected chi connectivity index (χ2v) is 4.84. The van der Waals surface area contributed by atoms with Crippen LogP contribution in [0.5, 0.6) is 5.75 Å². The van der Waals surface area contributed by atoms with Crippen LogP contribution < -0.4 is 10.1 Å². The second kappa shape index (κ2) is 6.52. The molecule has 2 aromatic rings. The second-order valence-electron chi connectivity index (χ2n) is 4.84. The van der Waals surface area contributed by atoms with Crippen LogP contribution in [0.15, 0.2) is 24.5 Å². The maximum atomic E-state index is 5.32.